The van der Waals surface area contributed by atoms with Gasteiger partial charge >= 0.3 is 0 Å². The summed E-state index contributed by atoms with van der Waals surface area (Å²) in [5, 5.41) is 0. The fourth-order valence-corrected chi connectivity index (χ4v) is 3.28. The molecule has 0 aliphatic carbocycles. The third-order valence-corrected chi connectivity index (χ3v) is 4.38. The lowest BCUT2D eigenvalue weighted by molar-refractivity contribution is 0.258. The third kappa shape index (κ3) is 3.73. The highest BCUT2D eigenvalue weighted by atomic mass is 15.1. The highest BCUT2D eigenvalue weighted by molar-refractivity contribution is 5.41. The predicted octanol–water partition coefficient (Wildman–Crippen LogP) is 3.67. The molecule has 106 valence electrons. The average Bonchev–Trinajstić information content (AvgIpc) is 2.77. The number of hydrogen-bond donors (Lipinski definition) is 1. The predicted molar refractivity (Wildman–Crippen MR) is 83.3 cm³/mol. The van der Waals surface area contributed by atoms with Gasteiger partial charge in [0.15, 0.2) is 0 Å². The van der Waals surface area contributed by atoms with Crippen molar-refractivity contribution in [3.63, 3.8) is 0 Å². The number of likely N-dealkylation sites (tertiary alicyclic amines) is 1. The van der Waals surface area contributed by atoms with Gasteiger partial charge in [0.05, 0.1) is 0 Å². The number of nitrogen functional groups attached to an aromatic ring is 1. The lowest BCUT2D eigenvalue weighted by Gasteiger charge is -2.31. The maximum Gasteiger partial charge on any atom is 0.0314 e. The number of anilines is 1. The van der Waals surface area contributed by atoms with E-state index in [2.05, 4.69) is 37.8 Å². The number of nitrogens with two attached hydrogens (primary N) is 1. The number of nitrogens with zero attached hydrogens (tertiary/aromatic N) is 1. The van der Waals surface area contributed by atoms with Gasteiger partial charge in [0.25, 0.3) is 0 Å². The zero-order chi connectivity index (χ0) is 13.9. The molecule has 1 aliphatic heterocycles. The van der Waals surface area contributed by atoms with Gasteiger partial charge in [-0.05, 0) is 43.0 Å². The molecular formula is C17H28N2. The van der Waals surface area contributed by atoms with Gasteiger partial charge in [-0.2, -0.15) is 0 Å². The highest BCUT2D eigenvalue weighted by Crippen LogP contribution is 2.29. The Morgan fingerprint density at radius 1 is 1.26 bits per heavy atom. The number of rotatable bonds is 5. The van der Waals surface area contributed by atoms with Crippen molar-refractivity contribution < 1.29 is 0 Å². The van der Waals surface area contributed by atoms with Crippen molar-refractivity contribution in [1.29, 1.82) is 0 Å². The van der Waals surface area contributed by atoms with E-state index >= 15 is 0 Å². The van der Waals surface area contributed by atoms with E-state index in [4.69, 9.17) is 5.73 Å². The van der Waals surface area contributed by atoms with Crippen LogP contribution in [-0.2, 0) is 5.41 Å². The van der Waals surface area contributed by atoms with E-state index in [0.717, 1.165) is 18.2 Å². The molecule has 2 rings (SSSR count). The van der Waals surface area contributed by atoms with Gasteiger partial charge in [0.2, 0.25) is 0 Å². The van der Waals surface area contributed by atoms with Crippen LogP contribution in [0.5, 0.6) is 0 Å². The van der Waals surface area contributed by atoms with E-state index in [1.807, 2.05) is 12.1 Å². The summed E-state index contributed by atoms with van der Waals surface area (Å²) in [5.74, 6) is 0.923. The molecule has 0 amide bonds. The van der Waals surface area contributed by atoms with Crippen LogP contribution in [0.25, 0.3) is 0 Å². The Kier molecular flexibility index (Phi) is 4.51. The molecular weight excluding hydrogens is 232 g/mol. The molecule has 1 atom stereocenters. The maximum atomic E-state index is 5.77. The second-order valence-corrected chi connectivity index (χ2v) is 6.68. The van der Waals surface area contributed by atoms with Gasteiger partial charge in [-0.15, -0.1) is 0 Å². The summed E-state index contributed by atoms with van der Waals surface area (Å²) in [7, 11) is 0. The lowest BCUT2D eigenvalue weighted by Crippen LogP contribution is -2.35. The van der Waals surface area contributed by atoms with Crippen LogP contribution in [0.1, 0.15) is 45.6 Å². The number of hydrogen-bond acceptors (Lipinski definition) is 2. The summed E-state index contributed by atoms with van der Waals surface area (Å²) in [6.45, 7) is 10.7. The molecule has 1 unspecified atom stereocenters. The van der Waals surface area contributed by atoms with Gasteiger partial charge in [0.1, 0.15) is 0 Å². The summed E-state index contributed by atoms with van der Waals surface area (Å²) in [6.07, 6.45) is 4.09. The van der Waals surface area contributed by atoms with Gasteiger partial charge < -0.3 is 10.6 Å². The first kappa shape index (κ1) is 14.4. The first-order valence-corrected chi connectivity index (χ1v) is 7.59. The van der Waals surface area contributed by atoms with Crippen molar-refractivity contribution in [3.05, 3.63) is 29.8 Å². The molecule has 0 saturated carbocycles. The minimum atomic E-state index is 0.203. The molecule has 19 heavy (non-hydrogen) atoms. The van der Waals surface area contributed by atoms with Crippen LogP contribution in [0, 0.1) is 5.92 Å². The summed E-state index contributed by atoms with van der Waals surface area (Å²) in [4.78, 5) is 2.64. The van der Waals surface area contributed by atoms with E-state index in [-0.39, 0.29) is 5.41 Å². The van der Waals surface area contributed by atoms with Gasteiger partial charge in [-0.25, -0.2) is 0 Å². The Hall–Kier alpha value is -1.02. The summed E-state index contributed by atoms with van der Waals surface area (Å²) in [6, 6.07) is 8.38. The van der Waals surface area contributed by atoms with Crippen LogP contribution in [0.2, 0.25) is 0 Å². The zero-order valence-electron chi connectivity index (χ0n) is 12.7. The van der Waals surface area contributed by atoms with Gasteiger partial charge in [0, 0.05) is 24.2 Å². The van der Waals surface area contributed by atoms with Gasteiger partial charge in [-0.3, -0.25) is 0 Å². The molecule has 1 aromatic rings. The lowest BCUT2D eigenvalue weighted by atomic mass is 9.84. The minimum absolute atomic E-state index is 0.203. The molecule has 0 radical (unpaired) electrons. The number of benzene rings is 1. The van der Waals surface area contributed by atoms with E-state index in [1.165, 1.54) is 37.9 Å². The van der Waals surface area contributed by atoms with Crippen molar-refractivity contribution in [1.82, 2.24) is 4.90 Å². The first-order valence-electron chi connectivity index (χ1n) is 7.59. The molecule has 2 nitrogen and oxygen atoms in total. The van der Waals surface area contributed by atoms with Crippen molar-refractivity contribution in [3.8, 4) is 0 Å². The van der Waals surface area contributed by atoms with Crippen LogP contribution in [0.4, 0.5) is 5.69 Å². The topological polar surface area (TPSA) is 29.3 Å². The Morgan fingerprint density at radius 2 is 1.95 bits per heavy atom. The fraction of sp³-hybridized carbons (Fsp3) is 0.647. The van der Waals surface area contributed by atoms with Crippen molar-refractivity contribution in [2.45, 2.75) is 45.4 Å². The second kappa shape index (κ2) is 5.96. The molecule has 1 aliphatic rings. The smallest absolute Gasteiger partial charge is 0.0314 e. The normalized spacial score (nSPS) is 20.9. The Bertz CT molecular complexity index is 394. The quantitative estimate of drug-likeness (QED) is 0.819. The van der Waals surface area contributed by atoms with Crippen LogP contribution in [0.3, 0.4) is 0 Å². The standard InChI is InChI=1S/C17H28N2/c1-4-5-14-10-11-19(12-14)13-17(2,3)15-6-8-16(18)9-7-15/h6-9,14H,4-5,10-13,18H2,1-3H3. The summed E-state index contributed by atoms with van der Waals surface area (Å²) in [5.41, 5.74) is 8.22. The highest BCUT2D eigenvalue weighted by Gasteiger charge is 2.28. The molecule has 2 heteroatoms. The van der Waals surface area contributed by atoms with Crippen LogP contribution in [0.15, 0.2) is 24.3 Å². The third-order valence-electron chi connectivity index (χ3n) is 4.38. The monoisotopic (exact) mass is 260 g/mol. The molecule has 0 aromatic heterocycles. The van der Waals surface area contributed by atoms with Crippen LogP contribution >= 0.6 is 0 Å². The largest absolute Gasteiger partial charge is 0.399 e. The fourth-order valence-electron chi connectivity index (χ4n) is 3.28. The molecule has 1 aromatic carbocycles. The average molecular weight is 260 g/mol. The SMILES string of the molecule is CCCC1CCN(CC(C)(C)c2ccc(N)cc2)C1. The van der Waals surface area contributed by atoms with Gasteiger partial charge in [-0.1, -0.05) is 39.3 Å². The summed E-state index contributed by atoms with van der Waals surface area (Å²) >= 11 is 0. The van der Waals surface area contributed by atoms with Crippen LogP contribution < -0.4 is 5.73 Å². The van der Waals surface area contributed by atoms with E-state index < -0.39 is 0 Å². The van der Waals surface area contributed by atoms with Crippen molar-refractivity contribution in [2.75, 3.05) is 25.4 Å². The Labute approximate surface area is 118 Å². The summed E-state index contributed by atoms with van der Waals surface area (Å²) < 4.78 is 0. The maximum absolute atomic E-state index is 5.77. The second-order valence-electron chi connectivity index (χ2n) is 6.68. The van der Waals surface area contributed by atoms with Crippen molar-refractivity contribution >= 4 is 5.69 Å². The molecule has 1 saturated heterocycles. The Balaban J connectivity index is 1.96. The first-order chi connectivity index (χ1) is 9.01. The van der Waals surface area contributed by atoms with E-state index in [1.54, 1.807) is 0 Å². The zero-order valence-corrected chi connectivity index (χ0v) is 12.7. The van der Waals surface area contributed by atoms with E-state index in [0.29, 0.717) is 0 Å². The van der Waals surface area contributed by atoms with Crippen LogP contribution in [-0.4, -0.2) is 24.5 Å². The molecule has 0 spiro atoms. The molecule has 2 N–H and O–H groups in total. The van der Waals surface area contributed by atoms with Crippen molar-refractivity contribution in [2.24, 2.45) is 5.92 Å². The molecule has 0 bridgehead atoms. The molecule has 1 heterocycles. The minimum Gasteiger partial charge on any atom is -0.399 e. The van der Waals surface area contributed by atoms with E-state index in [9.17, 15) is 0 Å². The Morgan fingerprint density at radius 3 is 2.58 bits per heavy atom. The molecule has 1 fully saturated rings.